The molecule has 1 aliphatic rings. The van der Waals surface area contributed by atoms with E-state index in [4.69, 9.17) is 4.74 Å². The second-order valence-electron chi connectivity index (χ2n) is 8.89. The summed E-state index contributed by atoms with van der Waals surface area (Å²) in [5.74, 6) is 0.660. The van der Waals surface area contributed by atoms with E-state index in [1.54, 1.807) is 0 Å². The fraction of sp³-hybridized carbons (Fsp3) is 0.682. The molecule has 0 atom stereocenters. The Morgan fingerprint density at radius 3 is 2.28 bits per heavy atom. The molecule has 2 rings (SSSR count). The van der Waals surface area contributed by atoms with E-state index in [0.717, 1.165) is 19.5 Å². The Bertz CT molecular complexity index is 775. The van der Waals surface area contributed by atoms with Crippen molar-refractivity contribution in [2.75, 3.05) is 39.1 Å². The zero-order valence-electron chi connectivity index (χ0n) is 18.5. The van der Waals surface area contributed by atoms with Crippen molar-refractivity contribution < 1.29 is 13.2 Å². The molecule has 0 saturated carbocycles. The highest BCUT2D eigenvalue weighted by molar-refractivity contribution is 7.92. The second kappa shape index (κ2) is 9.94. The minimum absolute atomic E-state index is 0.154. The Labute approximate surface area is 176 Å². The Morgan fingerprint density at radius 2 is 1.76 bits per heavy atom. The molecule has 29 heavy (non-hydrogen) atoms. The summed E-state index contributed by atoms with van der Waals surface area (Å²) in [6.07, 6.45) is 3.18. The van der Waals surface area contributed by atoms with Crippen LogP contribution in [0.3, 0.4) is 0 Å². The van der Waals surface area contributed by atoms with E-state index >= 15 is 0 Å². The number of aliphatic imine (C=N–C) groups is 1. The van der Waals surface area contributed by atoms with Gasteiger partial charge in [-0.3, -0.25) is 4.99 Å². The lowest BCUT2D eigenvalue weighted by Crippen LogP contribution is -2.47. The molecular weight excluding hydrogens is 386 g/mol. The average molecular weight is 424 g/mol. The van der Waals surface area contributed by atoms with Crippen molar-refractivity contribution >= 4 is 15.8 Å². The molecule has 1 fully saturated rings. The van der Waals surface area contributed by atoms with Gasteiger partial charge >= 0.3 is 0 Å². The quantitative estimate of drug-likeness (QED) is 0.521. The highest BCUT2D eigenvalue weighted by Crippen LogP contribution is 2.29. The van der Waals surface area contributed by atoms with Crippen LogP contribution in [0.1, 0.15) is 51.7 Å². The van der Waals surface area contributed by atoms with Gasteiger partial charge in [-0.2, -0.15) is 0 Å². The first kappa shape index (κ1) is 23.7. The summed E-state index contributed by atoms with van der Waals surface area (Å²) in [4.78, 5) is 4.61. The van der Waals surface area contributed by atoms with Crippen LogP contribution in [0, 0.1) is 0 Å². The monoisotopic (exact) mass is 423 g/mol. The van der Waals surface area contributed by atoms with Crippen LogP contribution in [0.15, 0.2) is 29.3 Å². The van der Waals surface area contributed by atoms with Gasteiger partial charge < -0.3 is 15.4 Å². The molecule has 0 unspecified atom stereocenters. The molecule has 164 valence electrons. The molecular formula is C22H37N3O3S. The maximum atomic E-state index is 12.4. The van der Waals surface area contributed by atoms with Crippen molar-refractivity contribution in [2.24, 2.45) is 4.99 Å². The fourth-order valence-corrected chi connectivity index (χ4v) is 4.66. The van der Waals surface area contributed by atoms with Crippen molar-refractivity contribution in [2.45, 2.75) is 57.1 Å². The van der Waals surface area contributed by atoms with Crippen LogP contribution < -0.4 is 10.6 Å². The Kier molecular flexibility index (Phi) is 8.11. The van der Waals surface area contributed by atoms with Gasteiger partial charge in [-0.25, -0.2) is 8.42 Å². The van der Waals surface area contributed by atoms with Gasteiger partial charge in [-0.15, -0.1) is 0 Å². The number of guanidine groups is 1. The van der Waals surface area contributed by atoms with E-state index in [1.165, 1.54) is 17.4 Å². The number of hydrogen-bond donors (Lipinski definition) is 2. The van der Waals surface area contributed by atoms with Gasteiger partial charge in [0.15, 0.2) is 15.8 Å². The summed E-state index contributed by atoms with van der Waals surface area (Å²) >= 11 is 0. The predicted octanol–water partition coefficient (Wildman–Crippen LogP) is 2.68. The van der Waals surface area contributed by atoms with Crippen LogP contribution in [0.4, 0.5) is 0 Å². The fourth-order valence-electron chi connectivity index (χ4n) is 3.45. The molecule has 1 aromatic rings. The van der Waals surface area contributed by atoms with Crippen LogP contribution in [0.25, 0.3) is 0 Å². The van der Waals surface area contributed by atoms with Crippen molar-refractivity contribution in [3.05, 3.63) is 35.4 Å². The van der Waals surface area contributed by atoms with Gasteiger partial charge in [-0.1, -0.05) is 45.0 Å². The van der Waals surface area contributed by atoms with E-state index < -0.39 is 14.6 Å². The van der Waals surface area contributed by atoms with Crippen LogP contribution in [0.5, 0.6) is 0 Å². The third kappa shape index (κ3) is 6.71. The first-order valence-electron chi connectivity index (χ1n) is 10.5. The molecule has 0 bridgehead atoms. The normalized spacial score (nSPS) is 17.8. The number of nitrogens with one attached hydrogen (secondary N) is 2. The molecule has 1 saturated heterocycles. The number of benzene rings is 1. The van der Waals surface area contributed by atoms with E-state index in [2.05, 4.69) is 60.7 Å². The highest BCUT2D eigenvalue weighted by Gasteiger charge is 2.42. The molecule has 0 spiro atoms. The third-order valence-electron chi connectivity index (χ3n) is 5.59. The van der Waals surface area contributed by atoms with Crippen molar-refractivity contribution in [3.8, 4) is 0 Å². The lowest BCUT2D eigenvalue weighted by molar-refractivity contribution is 0.0768. The maximum Gasteiger partial charge on any atom is 0.191 e. The lowest BCUT2D eigenvalue weighted by atomic mass is 9.86. The average Bonchev–Trinajstić information content (AvgIpc) is 2.66. The minimum atomic E-state index is -3.22. The number of sulfone groups is 1. The number of ether oxygens (including phenoxy) is 1. The zero-order chi connectivity index (χ0) is 21.5. The SMILES string of the molecule is CCNC(=NCC1(S(C)(=O)=O)CCOCC1)NCCc1ccc(C(C)(C)C)cc1. The van der Waals surface area contributed by atoms with Crippen LogP contribution >= 0.6 is 0 Å². The molecule has 2 N–H and O–H groups in total. The Balaban J connectivity index is 1.98. The highest BCUT2D eigenvalue weighted by atomic mass is 32.2. The second-order valence-corrected chi connectivity index (χ2v) is 11.3. The minimum Gasteiger partial charge on any atom is -0.381 e. The third-order valence-corrected chi connectivity index (χ3v) is 7.70. The summed E-state index contributed by atoms with van der Waals surface area (Å²) < 4.78 is 29.4. The summed E-state index contributed by atoms with van der Waals surface area (Å²) in [5.41, 5.74) is 2.74. The van der Waals surface area contributed by atoms with Crippen LogP contribution in [-0.4, -0.2) is 58.2 Å². The smallest absolute Gasteiger partial charge is 0.191 e. The van der Waals surface area contributed by atoms with Gasteiger partial charge in [0, 0.05) is 32.6 Å². The van der Waals surface area contributed by atoms with Gasteiger partial charge in [0.1, 0.15) is 0 Å². The molecule has 0 aliphatic carbocycles. The van der Waals surface area contributed by atoms with E-state index in [1.807, 2.05) is 6.92 Å². The van der Waals surface area contributed by atoms with Crippen LogP contribution in [-0.2, 0) is 26.4 Å². The van der Waals surface area contributed by atoms with E-state index in [-0.39, 0.29) is 12.0 Å². The summed E-state index contributed by atoms with van der Waals surface area (Å²) in [7, 11) is -3.22. The van der Waals surface area contributed by atoms with Crippen molar-refractivity contribution in [1.29, 1.82) is 0 Å². The van der Waals surface area contributed by atoms with Gasteiger partial charge in [0.2, 0.25) is 0 Å². The summed E-state index contributed by atoms with van der Waals surface area (Å²) in [6, 6.07) is 8.73. The Morgan fingerprint density at radius 1 is 1.14 bits per heavy atom. The lowest BCUT2D eigenvalue weighted by Gasteiger charge is -2.34. The first-order chi connectivity index (χ1) is 13.6. The topological polar surface area (TPSA) is 79.8 Å². The largest absolute Gasteiger partial charge is 0.381 e. The van der Waals surface area contributed by atoms with E-state index in [9.17, 15) is 8.42 Å². The molecule has 0 aromatic heterocycles. The first-order valence-corrected chi connectivity index (χ1v) is 12.4. The molecule has 0 radical (unpaired) electrons. The Hall–Kier alpha value is -1.60. The molecule has 6 nitrogen and oxygen atoms in total. The molecule has 1 aromatic carbocycles. The molecule has 0 amide bonds. The van der Waals surface area contributed by atoms with Crippen molar-refractivity contribution in [1.82, 2.24) is 10.6 Å². The summed E-state index contributed by atoms with van der Waals surface area (Å²) in [5, 5.41) is 6.55. The number of rotatable bonds is 7. The molecule has 1 aliphatic heterocycles. The molecule has 7 heteroatoms. The predicted molar refractivity (Wildman–Crippen MR) is 120 cm³/mol. The zero-order valence-corrected chi connectivity index (χ0v) is 19.4. The molecule has 1 heterocycles. The van der Waals surface area contributed by atoms with Gasteiger partial charge in [-0.05, 0) is 42.7 Å². The number of nitrogens with zero attached hydrogens (tertiary/aromatic N) is 1. The number of hydrogen-bond acceptors (Lipinski definition) is 4. The summed E-state index contributed by atoms with van der Waals surface area (Å²) in [6.45, 7) is 11.3. The van der Waals surface area contributed by atoms with Gasteiger partial charge in [0.25, 0.3) is 0 Å². The van der Waals surface area contributed by atoms with Gasteiger partial charge in [0.05, 0.1) is 11.3 Å². The maximum absolute atomic E-state index is 12.4. The van der Waals surface area contributed by atoms with Crippen LogP contribution in [0.2, 0.25) is 0 Å². The van der Waals surface area contributed by atoms with Crippen molar-refractivity contribution in [3.63, 3.8) is 0 Å². The standard InChI is InChI=1S/C22H37N3O3S/c1-6-23-20(25-17-22(29(5,26)27)12-15-28-16-13-22)24-14-11-18-7-9-19(10-8-18)21(2,3)4/h7-10H,6,11-17H2,1-5H3,(H2,23,24,25). The van der Waals surface area contributed by atoms with E-state index in [0.29, 0.717) is 32.0 Å².